The highest BCUT2D eigenvalue weighted by Gasteiger charge is 2.59. The fraction of sp³-hybridized carbons (Fsp3) is 0.875. The Morgan fingerprint density at radius 1 is 1.06 bits per heavy atom. The maximum absolute atomic E-state index is 3.80. The molecule has 2 unspecified atom stereocenters. The molecule has 1 nitrogen and oxygen atoms in total. The van der Waals surface area contributed by atoms with Gasteiger partial charge in [-0.2, -0.15) is 0 Å². The summed E-state index contributed by atoms with van der Waals surface area (Å²) in [5.41, 5.74) is 1.65. The molecule has 94 valence electrons. The molecule has 0 saturated heterocycles. The Bertz CT molecular complexity index is 368. The monoisotopic (exact) mass is 231 g/mol. The zero-order valence-corrected chi connectivity index (χ0v) is 11.5. The lowest BCUT2D eigenvalue weighted by Crippen LogP contribution is -2.64. The first-order valence-electron chi connectivity index (χ1n) is 7.11. The molecule has 0 aliphatic heterocycles. The highest BCUT2D eigenvalue weighted by Crippen LogP contribution is 2.66. The fourth-order valence-corrected chi connectivity index (χ4v) is 5.96. The number of nitrogens with one attached hydrogen (secondary N) is 1. The van der Waals surface area contributed by atoms with E-state index in [4.69, 9.17) is 0 Å². The van der Waals surface area contributed by atoms with E-state index in [-0.39, 0.29) is 0 Å². The summed E-state index contributed by atoms with van der Waals surface area (Å²) in [4.78, 5) is 0. The Hall–Kier alpha value is -0.480. The first-order valence-corrected chi connectivity index (χ1v) is 7.11. The average molecular weight is 231 g/mol. The SMILES string of the molecule is CC#CCNC12CC3CC(C)(CC(C)(C3)C1)C2. The fourth-order valence-electron chi connectivity index (χ4n) is 5.96. The van der Waals surface area contributed by atoms with Crippen LogP contribution in [0.3, 0.4) is 0 Å². The first kappa shape index (κ1) is 11.6. The topological polar surface area (TPSA) is 12.0 Å². The van der Waals surface area contributed by atoms with Gasteiger partial charge in [-0.15, -0.1) is 5.92 Å². The normalized spacial score (nSPS) is 51.1. The van der Waals surface area contributed by atoms with Crippen LogP contribution in [0.25, 0.3) is 0 Å². The van der Waals surface area contributed by atoms with Gasteiger partial charge in [0.05, 0.1) is 6.54 Å². The lowest BCUT2D eigenvalue weighted by Gasteiger charge is -2.65. The molecule has 2 atom stereocenters. The summed E-state index contributed by atoms with van der Waals surface area (Å²) in [6, 6.07) is 0. The van der Waals surface area contributed by atoms with E-state index in [2.05, 4.69) is 31.0 Å². The molecule has 0 amide bonds. The first-order chi connectivity index (χ1) is 7.97. The average Bonchev–Trinajstić information content (AvgIpc) is 2.11. The van der Waals surface area contributed by atoms with Gasteiger partial charge >= 0.3 is 0 Å². The van der Waals surface area contributed by atoms with E-state index in [1.54, 1.807) is 0 Å². The van der Waals surface area contributed by atoms with Crippen LogP contribution < -0.4 is 5.32 Å². The van der Waals surface area contributed by atoms with Gasteiger partial charge in [-0.3, -0.25) is 0 Å². The van der Waals surface area contributed by atoms with E-state index in [1.165, 1.54) is 38.5 Å². The van der Waals surface area contributed by atoms with Crippen LogP contribution in [-0.4, -0.2) is 12.1 Å². The summed E-state index contributed by atoms with van der Waals surface area (Å²) in [5.74, 6) is 7.17. The van der Waals surface area contributed by atoms with E-state index in [9.17, 15) is 0 Å². The molecule has 4 aliphatic carbocycles. The molecule has 1 N–H and O–H groups in total. The van der Waals surface area contributed by atoms with Crippen molar-refractivity contribution < 1.29 is 0 Å². The van der Waals surface area contributed by atoms with Gasteiger partial charge in [0.2, 0.25) is 0 Å². The van der Waals surface area contributed by atoms with Crippen molar-refractivity contribution in [2.24, 2.45) is 16.7 Å². The van der Waals surface area contributed by atoms with Crippen LogP contribution in [0.1, 0.15) is 59.3 Å². The maximum Gasteiger partial charge on any atom is 0.0580 e. The molecule has 0 heterocycles. The summed E-state index contributed by atoms with van der Waals surface area (Å²) < 4.78 is 0. The third kappa shape index (κ3) is 1.91. The predicted octanol–water partition coefficient (Wildman–Crippen LogP) is 3.35. The van der Waals surface area contributed by atoms with Gasteiger partial charge in [0, 0.05) is 5.54 Å². The second-order valence-corrected chi connectivity index (χ2v) is 7.69. The maximum atomic E-state index is 3.80. The van der Waals surface area contributed by atoms with Crippen molar-refractivity contribution in [3.8, 4) is 11.8 Å². The minimum absolute atomic E-state index is 0.423. The van der Waals surface area contributed by atoms with E-state index < -0.39 is 0 Å². The van der Waals surface area contributed by atoms with Gasteiger partial charge in [-0.25, -0.2) is 0 Å². The Kier molecular flexibility index (Phi) is 2.40. The van der Waals surface area contributed by atoms with Crippen molar-refractivity contribution >= 4 is 0 Å². The van der Waals surface area contributed by atoms with Gasteiger partial charge in [0.15, 0.2) is 0 Å². The molecule has 4 aliphatic rings. The third-order valence-electron chi connectivity index (χ3n) is 5.35. The van der Waals surface area contributed by atoms with Crippen LogP contribution in [0.2, 0.25) is 0 Å². The minimum Gasteiger partial charge on any atom is -0.301 e. The van der Waals surface area contributed by atoms with Crippen LogP contribution in [0.5, 0.6) is 0 Å². The molecule has 4 rings (SSSR count). The van der Waals surface area contributed by atoms with Crippen LogP contribution in [0, 0.1) is 28.6 Å². The second kappa shape index (κ2) is 3.51. The predicted molar refractivity (Wildman–Crippen MR) is 71.6 cm³/mol. The molecule has 4 fully saturated rings. The summed E-state index contributed by atoms with van der Waals surface area (Å²) in [6.45, 7) is 7.87. The molecule has 1 heteroatoms. The highest BCUT2D eigenvalue weighted by molar-refractivity contribution is 5.15. The second-order valence-electron chi connectivity index (χ2n) is 7.69. The van der Waals surface area contributed by atoms with E-state index in [0.717, 1.165) is 12.5 Å². The molecule has 0 spiro atoms. The Balaban J connectivity index is 1.83. The molecule has 4 bridgehead atoms. The van der Waals surface area contributed by atoms with E-state index in [1.807, 2.05) is 6.92 Å². The molecule has 0 aromatic rings. The van der Waals surface area contributed by atoms with Crippen LogP contribution in [-0.2, 0) is 0 Å². The zero-order valence-electron chi connectivity index (χ0n) is 11.5. The lowest BCUT2D eigenvalue weighted by atomic mass is 9.43. The number of hydrogen-bond donors (Lipinski definition) is 1. The smallest absolute Gasteiger partial charge is 0.0580 e. The van der Waals surface area contributed by atoms with Crippen molar-refractivity contribution in [2.45, 2.75) is 64.8 Å². The number of rotatable bonds is 2. The zero-order chi connectivity index (χ0) is 12.1. The molecule has 0 radical (unpaired) electrons. The molecule has 0 aromatic heterocycles. The largest absolute Gasteiger partial charge is 0.301 e. The highest BCUT2D eigenvalue weighted by atomic mass is 15.0. The molecular formula is C16H25N. The van der Waals surface area contributed by atoms with Gasteiger partial charge in [0.1, 0.15) is 0 Å². The minimum atomic E-state index is 0.423. The van der Waals surface area contributed by atoms with E-state index >= 15 is 0 Å². The van der Waals surface area contributed by atoms with Gasteiger partial charge in [-0.05, 0) is 62.2 Å². The molecule has 17 heavy (non-hydrogen) atoms. The Morgan fingerprint density at radius 2 is 1.71 bits per heavy atom. The summed E-state index contributed by atoms with van der Waals surface area (Å²) in [5, 5.41) is 3.80. The third-order valence-corrected chi connectivity index (χ3v) is 5.35. The summed E-state index contributed by atoms with van der Waals surface area (Å²) in [6.07, 6.45) is 8.59. The van der Waals surface area contributed by atoms with Gasteiger partial charge < -0.3 is 5.32 Å². The Morgan fingerprint density at radius 3 is 2.24 bits per heavy atom. The van der Waals surface area contributed by atoms with Crippen LogP contribution in [0.15, 0.2) is 0 Å². The Labute approximate surface area is 106 Å². The van der Waals surface area contributed by atoms with Crippen molar-refractivity contribution in [1.82, 2.24) is 5.32 Å². The van der Waals surface area contributed by atoms with Crippen molar-refractivity contribution in [3.63, 3.8) is 0 Å². The molecular weight excluding hydrogens is 206 g/mol. The molecule has 4 saturated carbocycles. The van der Waals surface area contributed by atoms with Gasteiger partial charge in [0.25, 0.3) is 0 Å². The standard InChI is InChI=1S/C16H25N/c1-4-5-6-17-16-9-13-7-14(2,11-16)10-15(3,8-13)12-16/h13,17H,6-12H2,1-3H3. The molecule has 0 aromatic carbocycles. The van der Waals surface area contributed by atoms with Crippen LogP contribution in [0.4, 0.5) is 0 Å². The quantitative estimate of drug-likeness (QED) is 0.719. The van der Waals surface area contributed by atoms with Gasteiger partial charge in [-0.1, -0.05) is 19.8 Å². The van der Waals surface area contributed by atoms with Crippen LogP contribution >= 0.6 is 0 Å². The van der Waals surface area contributed by atoms with Crippen molar-refractivity contribution in [2.75, 3.05) is 6.54 Å². The van der Waals surface area contributed by atoms with E-state index in [0.29, 0.717) is 16.4 Å². The number of hydrogen-bond acceptors (Lipinski definition) is 1. The summed E-state index contributed by atoms with van der Waals surface area (Å²) in [7, 11) is 0. The summed E-state index contributed by atoms with van der Waals surface area (Å²) >= 11 is 0. The lowest BCUT2D eigenvalue weighted by molar-refractivity contribution is -0.116. The van der Waals surface area contributed by atoms with Crippen molar-refractivity contribution in [1.29, 1.82) is 0 Å². The van der Waals surface area contributed by atoms with Crippen molar-refractivity contribution in [3.05, 3.63) is 0 Å².